The van der Waals surface area contributed by atoms with Crippen molar-refractivity contribution < 1.29 is 24.6 Å². The van der Waals surface area contributed by atoms with E-state index in [4.69, 9.17) is 5.11 Å². The standard InChI is InChI=1S/C13H24N2O5/c1-9(17)4-6-14-10(18)5-7-15-12(20)11(19)13(2,3)8-16/h11,16,19H,4-8H2,1-3H3,(H,14,18)(H,15,20). The minimum atomic E-state index is -1.34. The molecule has 0 bridgehead atoms. The Bertz CT molecular complexity index is 355. The molecule has 1 unspecified atom stereocenters. The summed E-state index contributed by atoms with van der Waals surface area (Å²) >= 11 is 0. The van der Waals surface area contributed by atoms with E-state index in [1.807, 2.05) is 0 Å². The minimum absolute atomic E-state index is 0.00652. The third-order valence-corrected chi connectivity index (χ3v) is 2.85. The predicted molar refractivity (Wildman–Crippen MR) is 72.8 cm³/mol. The van der Waals surface area contributed by atoms with Gasteiger partial charge in [-0.25, -0.2) is 0 Å². The summed E-state index contributed by atoms with van der Waals surface area (Å²) in [5, 5.41) is 23.7. The van der Waals surface area contributed by atoms with Crippen molar-refractivity contribution in [2.75, 3.05) is 19.7 Å². The van der Waals surface area contributed by atoms with Crippen molar-refractivity contribution in [2.45, 2.75) is 39.7 Å². The van der Waals surface area contributed by atoms with E-state index in [0.717, 1.165) is 0 Å². The summed E-state index contributed by atoms with van der Waals surface area (Å²) in [5.41, 5.74) is -0.937. The van der Waals surface area contributed by atoms with Crippen molar-refractivity contribution in [3.05, 3.63) is 0 Å². The molecule has 4 N–H and O–H groups in total. The SMILES string of the molecule is CC(=O)CCNC(=O)CCNC(=O)C(O)C(C)(C)CO. The average Bonchev–Trinajstić information content (AvgIpc) is 2.37. The fourth-order valence-corrected chi connectivity index (χ4v) is 1.30. The molecule has 0 rings (SSSR count). The number of nitrogens with one attached hydrogen (secondary N) is 2. The zero-order valence-corrected chi connectivity index (χ0v) is 12.2. The average molecular weight is 288 g/mol. The summed E-state index contributed by atoms with van der Waals surface area (Å²) in [7, 11) is 0. The highest BCUT2D eigenvalue weighted by molar-refractivity contribution is 5.82. The van der Waals surface area contributed by atoms with Crippen LogP contribution in [-0.2, 0) is 14.4 Å². The van der Waals surface area contributed by atoms with Gasteiger partial charge in [0.2, 0.25) is 11.8 Å². The van der Waals surface area contributed by atoms with Gasteiger partial charge in [-0.2, -0.15) is 0 Å². The molecule has 7 heteroatoms. The fourth-order valence-electron chi connectivity index (χ4n) is 1.30. The van der Waals surface area contributed by atoms with Crippen LogP contribution in [0.15, 0.2) is 0 Å². The molecule has 0 heterocycles. The molecule has 20 heavy (non-hydrogen) atoms. The number of carbonyl (C=O) groups is 3. The zero-order valence-electron chi connectivity index (χ0n) is 12.2. The number of ketones is 1. The second-order valence-electron chi connectivity index (χ2n) is 5.39. The van der Waals surface area contributed by atoms with Gasteiger partial charge in [-0.15, -0.1) is 0 Å². The maximum Gasteiger partial charge on any atom is 0.249 e. The summed E-state index contributed by atoms with van der Waals surface area (Å²) in [6.07, 6.45) is -0.995. The van der Waals surface area contributed by atoms with Crippen molar-refractivity contribution in [3.63, 3.8) is 0 Å². The molecule has 0 aromatic carbocycles. The molecule has 2 amide bonds. The summed E-state index contributed by atoms with van der Waals surface area (Å²) in [6, 6.07) is 0. The van der Waals surface area contributed by atoms with Gasteiger partial charge in [-0.1, -0.05) is 13.8 Å². The van der Waals surface area contributed by atoms with Gasteiger partial charge in [-0.05, 0) is 6.92 Å². The highest BCUT2D eigenvalue weighted by Crippen LogP contribution is 2.19. The second-order valence-corrected chi connectivity index (χ2v) is 5.39. The van der Waals surface area contributed by atoms with E-state index < -0.39 is 17.4 Å². The normalized spacial score (nSPS) is 12.7. The van der Waals surface area contributed by atoms with E-state index in [9.17, 15) is 19.5 Å². The Morgan fingerprint density at radius 2 is 1.65 bits per heavy atom. The van der Waals surface area contributed by atoms with Gasteiger partial charge in [0.1, 0.15) is 11.9 Å². The number of hydrogen-bond donors (Lipinski definition) is 4. The topological polar surface area (TPSA) is 116 Å². The molecule has 0 aromatic heterocycles. The number of carbonyl (C=O) groups excluding carboxylic acids is 3. The van der Waals surface area contributed by atoms with Crippen LogP contribution in [0.1, 0.15) is 33.6 Å². The number of rotatable bonds is 9. The van der Waals surface area contributed by atoms with E-state index in [0.29, 0.717) is 0 Å². The van der Waals surface area contributed by atoms with Crippen LogP contribution in [-0.4, -0.2) is 53.6 Å². The molecule has 0 saturated carbocycles. The Hall–Kier alpha value is -1.47. The number of aliphatic hydroxyl groups excluding tert-OH is 2. The third-order valence-electron chi connectivity index (χ3n) is 2.85. The summed E-state index contributed by atoms with van der Waals surface area (Å²) in [6.45, 7) is 4.60. The number of hydrogen-bond acceptors (Lipinski definition) is 5. The first-order valence-electron chi connectivity index (χ1n) is 6.53. The molecule has 0 aliphatic heterocycles. The first-order chi connectivity index (χ1) is 9.20. The summed E-state index contributed by atoms with van der Waals surface area (Å²) < 4.78 is 0. The number of aliphatic hydroxyl groups is 2. The van der Waals surface area contributed by atoms with Gasteiger partial charge in [0.05, 0.1) is 6.61 Å². The quantitative estimate of drug-likeness (QED) is 0.433. The number of amides is 2. The van der Waals surface area contributed by atoms with E-state index in [2.05, 4.69) is 10.6 Å². The first kappa shape index (κ1) is 18.5. The van der Waals surface area contributed by atoms with Crippen LogP contribution in [0.5, 0.6) is 0 Å². The predicted octanol–water partition coefficient (Wildman–Crippen LogP) is -1.03. The Morgan fingerprint density at radius 3 is 2.15 bits per heavy atom. The molecule has 0 spiro atoms. The highest BCUT2D eigenvalue weighted by Gasteiger charge is 2.32. The van der Waals surface area contributed by atoms with E-state index in [-0.39, 0.29) is 44.2 Å². The van der Waals surface area contributed by atoms with E-state index in [1.165, 1.54) is 6.92 Å². The van der Waals surface area contributed by atoms with Crippen molar-refractivity contribution in [2.24, 2.45) is 5.41 Å². The highest BCUT2D eigenvalue weighted by atomic mass is 16.3. The van der Waals surface area contributed by atoms with Crippen molar-refractivity contribution in [1.82, 2.24) is 10.6 Å². The Morgan fingerprint density at radius 1 is 1.10 bits per heavy atom. The molecular formula is C13H24N2O5. The van der Waals surface area contributed by atoms with Crippen molar-refractivity contribution in [1.29, 1.82) is 0 Å². The van der Waals surface area contributed by atoms with Crippen molar-refractivity contribution >= 4 is 17.6 Å². The molecule has 1 atom stereocenters. The minimum Gasteiger partial charge on any atom is -0.396 e. The van der Waals surface area contributed by atoms with Crippen LogP contribution in [0.25, 0.3) is 0 Å². The van der Waals surface area contributed by atoms with Gasteiger partial charge in [-0.3, -0.25) is 14.4 Å². The first-order valence-corrected chi connectivity index (χ1v) is 6.53. The van der Waals surface area contributed by atoms with Crippen LogP contribution in [0, 0.1) is 5.41 Å². The van der Waals surface area contributed by atoms with Gasteiger partial charge in [0.25, 0.3) is 0 Å². The number of Topliss-reactive ketones (excluding diaryl/α,β-unsaturated/α-hetero) is 1. The van der Waals surface area contributed by atoms with Crippen LogP contribution in [0.3, 0.4) is 0 Å². The Balaban J connectivity index is 3.92. The van der Waals surface area contributed by atoms with Gasteiger partial charge >= 0.3 is 0 Å². The van der Waals surface area contributed by atoms with E-state index in [1.54, 1.807) is 13.8 Å². The Labute approximate surface area is 118 Å². The third kappa shape index (κ3) is 7.20. The molecule has 0 aromatic rings. The summed E-state index contributed by atoms with van der Waals surface area (Å²) in [4.78, 5) is 33.6. The molecule has 116 valence electrons. The maximum absolute atomic E-state index is 11.6. The molecule has 0 fully saturated rings. The van der Waals surface area contributed by atoms with Crippen LogP contribution in [0.4, 0.5) is 0 Å². The van der Waals surface area contributed by atoms with Crippen LogP contribution >= 0.6 is 0 Å². The maximum atomic E-state index is 11.6. The molecule has 0 radical (unpaired) electrons. The molecule has 0 saturated heterocycles. The van der Waals surface area contributed by atoms with Crippen LogP contribution < -0.4 is 10.6 Å². The van der Waals surface area contributed by atoms with Crippen LogP contribution in [0.2, 0.25) is 0 Å². The fraction of sp³-hybridized carbons (Fsp3) is 0.769. The second kappa shape index (κ2) is 8.65. The molecule has 7 nitrogen and oxygen atoms in total. The smallest absolute Gasteiger partial charge is 0.249 e. The lowest BCUT2D eigenvalue weighted by atomic mass is 9.87. The lowest BCUT2D eigenvalue weighted by Crippen LogP contribution is -2.46. The summed E-state index contributed by atoms with van der Waals surface area (Å²) in [5.74, 6) is -0.906. The molecule has 0 aliphatic carbocycles. The van der Waals surface area contributed by atoms with Gasteiger partial charge in [0, 0.05) is 31.3 Å². The largest absolute Gasteiger partial charge is 0.396 e. The monoisotopic (exact) mass is 288 g/mol. The molecule has 0 aliphatic rings. The zero-order chi connectivity index (χ0) is 15.8. The Kier molecular flexibility index (Phi) is 8.02. The molecular weight excluding hydrogens is 264 g/mol. The van der Waals surface area contributed by atoms with E-state index >= 15 is 0 Å². The van der Waals surface area contributed by atoms with Crippen molar-refractivity contribution in [3.8, 4) is 0 Å². The lowest BCUT2D eigenvalue weighted by Gasteiger charge is -2.27. The van der Waals surface area contributed by atoms with Gasteiger partial charge < -0.3 is 20.8 Å². The van der Waals surface area contributed by atoms with Gasteiger partial charge in [0.15, 0.2) is 0 Å². The lowest BCUT2D eigenvalue weighted by molar-refractivity contribution is -0.137.